The largest absolute Gasteiger partial charge is 0.481 e. The minimum absolute atomic E-state index is 0.0880. The molecule has 1 aliphatic heterocycles. The topological polar surface area (TPSA) is 275 Å². The molecule has 0 spiro atoms. The van der Waals surface area contributed by atoms with Crippen LogP contribution in [0.5, 0.6) is 0 Å². The highest BCUT2D eigenvalue weighted by Crippen LogP contribution is 2.31. The van der Waals surface area contributed by atoms with Crippen LogP contribution in [0.1, 0.15) is 129 Å². The van der Waals surface area contributed by atoms with E-state index in [1.165, 1.54) is 15.9 Å². The highest BCUT2D eigenvalue weighted by molar-refractivity contribution is 6.36. The molecule has 0 saturated carbocycles. The van der Waals surface area contributed by atoms with E-state index in [9.17, 15) is 53.4 Å². The van der Waals surface area contributed by atoms with Crippen molar-refractivity contribution in [2.75, 3.05) is 13.7 Å². The normalized spacial score (nSPS) is 16.6. The molecule has 20 nitrogen and oxygen atoms in total. The van der Waals surface area contributed by atoms with Gasteiger partial charge in [-0.3, -0.25) is 38.4 Å². The molecule has 5 N–H and O–H groups in total. The van der Waals surface area contributed by atoms with Gasteiger partial charge >= 0.3 is 24.0 Å². The SMILES string of the molecule is C=CC[C@H](NC(=O)[C@@H]1CCCN1C(=O)[C@@H](NC(=O)[C@H](C(C)C)N(C(=O)[C@H](CCC(=O)O)N(C(=O)[C@H](CC(=O)O)NC(=O)OC(C)(C)C)C(C)(C)C)C(C)(C)C)C(C)C)C(=O)C(=O)OC. The second kappa shape index (κ2) is 23.4. The highest BCUT2D eigenvalue weighted by Gasteiger charge is 2.49. The Hall–Kier alpha value is -5.56. The standard InChI is InChI=1S/C44H72N6O14/c1-16-18-26(34(55)40(61)63-15)45-35(56)28-19-17-22-48(28)39(60)32(24(2)3)47-36(57)33(25(4)5)50(43(9,10)11)38(59)29(20-21-30(51)52)49(42(6,7)8)37(58)27(23-31(53)54)46-41(62)64-44(12,13)14/h16,24-29,32-33H,1,17-23H2,2-15H3,(H,45,56)(H,46,62)(H,47,57)(H,51,52)(H,53,54)/t26-,27-,28-,29-,32-,33-/m0/s1. The lowest BCUT2D eigenvalue weighted by Crippen LogP contribution is -2.68. The first-order valence-corrected chi connectivity index (χ1v) is 21.4. The summed E-state index contributed by atoms with van der Waals surface area (Å²) in [7, 11) is 1.03. The fourth-order valence-corrected chi connectivity index (χ4v) is 7.47. The van der Waals surface area contributed by atoms with E-state index in [1.807, 2.05) is 0 Å². The Morgan fingerprint density at radius 2 is 1.34 bits per heavy atom. The maximum atomic E-state index is 15.3. The summed E-state index contributed by atoms with van der Waals surface area (Å²) in [5.41, 5.74) is -3.56. The summed E-state index contributed by atoms with van der Waals surface area (Å²) < 4.78 is 9.82. The third-order valence-corrected chi connectivity index (χ3v) is 10.2. The van der Waals surface area contributed by atoms with Crippen molar-refractivity contribution in [3.8, 4) is 0 Å². The van der Waals surface area contributed by atoms with Crippen LogP contribution in [-0.4, -0.2) is 151 Å². The molecule has 0 aliphatic carbocycles. The third-order valence-electron chi connectivity index (χ3n) is 10.2. The summed E-state index contributed by atoms with van der Waals surface area (Å²) in [5, 5.41) is 27.3. The number of likely N-dealkylation sites (tertiary alicyclic amines) is 1. The van der Waals surface area contributed by atoms with Crippen molar-refractivity contribution in [3.05, 3.63) is 12.7 Å². The monoisotopic (exact) mass is 909 g/mol. The van der Waals surface area contributed by atoms with Crippen LogP contribution in [0.25, 0.3) is 0 Å². The summed E-state index contributed by atoms with van der Waals surface area (Å²) in [5.74, 6) is -10.2. The van der Waals surface area contributed by atoms with E-state index in [1.54, 1.807) is 90.0 Å². The van der Waals surface area contributed by atoms with Gasteiger partial charge in [-0.2, -0.15) is 0 Å². The number of esters is 1. The Morgan fingerprint density at radius 3 is 1.78 bits per heavy atom. The number of carbonyl (C=O) groups excluding carboxylic acids is 8. The summed E-state index contributed by atoms with van der Waals surface area (Å²) in [4.78, 5) is 138. The number of ketones is 1. The van der Waals surface area contributed by atoms with Crippen LogP contribution in [0.2, 0.25) is 0 Å². The first kappa shape index (κ1) is 56.5. The van der Waals surface area contributed by atoms with Crippen molar-refractivity contribution in [1.29, 1.82) is 0 Å². The molecule has 64 heavy (non-hydrogen) atoms. The van der Waals surface area contributed by atoms with Crippen molar-refractivity contribution in [2.45, 2.75) is 181 Å². The molecule has 1 fully saturated rings. The first-order chi connectivity index (χ1) is 29.2. The predicted molar refractivity (Wildman–Crippen MR) is 233 cm³/mol. The van der Waals surface area contributed by atoms with Gasteiger partial charge in [0, 0.05) is 24.0 Å². The number of carboxylic acid groups (broad SMARTS) is 2. The van der Waals surface area contributed by atoms with Crippen molar-refractivity contribution in [1.82, 2.24) is 30.7 Å². The molecule has 1 aliphatic rings. The van der Waals surface area contributed by atoms with Gasteiger partial charge in [-0.05, 0) is 99.8 Å². The van der Waals surface area contributed by atoms with Crippen molar-refractivity contribution < 1.29 is 67.6 Å². The van der Waals surface area contributed by atoms with Gasteiger partial charge in [-0.1, -0.05) is 33.8 Å². The summed E-state index contributed by atoms with van der Waals surface area (Å²) in [6.07, 6.45) is -1.26. The van der Waals surface area contributed by atoms with E-state index in [0.29, 0.717) is 6.42 Å². The molecule has 0 bridgehead atoms. The fraction of sp³-hybridized carbons (Fsp3) is 0.727. The van der Waals surface area contributed by atoms with Gasteiger partial charge in [0.15, 0.2) is 0 Å². The number of alkyl carbamates (subject to hydrolysis) is 1. The molecule has 20 heteroatoms. The Balaban J connectivity index is 3.83. The number of carboxylic acids is 2. The molecule has 0 unspecified atom stereocenters. The molecule has 362 valence electrons. The van der Waals surface area contributed by atoms with E-state index < -0.39 is 143 Å². The smallest absolute Gasteiger partial charge is 0.408 e. The van der Waals surface area contributed by atoms with E-state index in [-0.39, 0.29) is 19.4 Å². The lowest BCUT2D eigenvalue weighted by Gasteiger charge is -2.49. The quantitative estimate of drug-likeness (QED) is 0.0630. The van der Waals surface area contributed by atoms with Crippen LogP contribution in [0, 0.1) is 11.8 Å². The van der Waals surface area contributed by atoms with Crippen LogP contribution < -0.4 is 16.0 Å². The molecule has 6 amide bonds. The van der Waals surface area contributed by atoms with E-state index in [4.69, 9.17) is 4.74 Å². The average molecular weight is 909 g/mol. The molecule has 0 aromatic heterocycles. The van der Waals surface area contributed by atoms with Crippen molar-refractivity contribution in [2.24, 2.45) is 11.8 Å². The summed E-state index contributed by atoms with van der Waals surface area (Å²) in [6, 6.07) is -8.36. The molecular formula is C44H72N6O14. The number of aliphatic carboxylic acids is 2. The number of hydrogen-bond acceptors (Lipinski definition) is 12. The zero-order valence-electron chi connectivity index (χ0n) is 40.0. The van der Waals surface area contributed by atoms with Crippen molar-refractivity contribution in [3.63, 3.8) is 0 Å². The highest BCUT2D eigenvalue weighted by atomic mass is 16.6. The van der Waals surface area contributed by atoms with E-state index >= 15 is 4.79 Å². The predicted octanol–water partition coefficient (Wildman–Crippen LogP) is 2.80. The minimum atomic E-state index is -1.77. The second-order valence-corrected chi connectivity index (χ2v) is 19.6. The molecule has 1 rings (SSSR count). The fourth-order valence-electron chi connectivity index (χ4n) is 7.47. The van der Waals surface area contributed by atoms with Gasteiger partial charge in [-0.25, -0.2) is 9.59 Å². The van der Waals surface area contributed by atoms with E-state index in [0.717, 1.165) is 12.0 Å². The van der Waals surface area contributed by atoms with Gasteiger partial charge < -0.3 is 50.3 Å². The summed E-state index contributed by atoms with van der Waals surface area (Å²) in [6.45, 7) is 24.6. The number of Topliss-reactive ketones (excluding diaryl/α,β-unsaturated/α-hetero) is 1. The molecule has 0 radical (unpaired) electrons. The van der Waals surface area contributed by atoms with Crippen molar-refractivity contribution >= 4 is 59.3 Å². The maximum Gasteiger partial charge on any atom is 0.408 e. The number of methoxy groups -OCH3 is 1. The third kappa shape index (κ3) is 16.2. The van der Waals surface area contributed by atoms with Crippen LogP contribution in [0.15, 0.2) is 12.7 Å². The molecule has 0 aromatic carbocycles. The number of ether oxygens (including phenoxy) is 2. The molecule has 1 heterocycles. The van der Waals surface area contributed by atoms with Gasteiger partial charge in [0.05, 0.1) is 13.5 Å². The minimum Gasteiger partial charge on any atom is -0.481 e. The molecule has 6 atom stereocenters. The second-order valence-electron chi connectivity index (χ2n) is 19.6. The average Bonchev–Trinajstić information content (AvgIpc) is 3.64. The number of rotatable bonds is 21. The number of carbonyl (C=O) groups is 10. The number of amides is 6. The Bertz CT molecular complexity index is 1760. The zero-order valence-corrected chi connectivity index (χ0v) is 40.0. The van der Waals surface area contributed by atoms with Crippen LogP contribution in [-0.2, 0) is 52.6 Å². The Kier molecular flexibility index (Phi) is 20.6. The lowest BCUT2D eigenvalue weighted by atomic mass is 9.90. The summed E-state index contributed by atoms with van der Waals surface area (Å²) >= 11 is 0. The van der Waals surface area contributed by atoms with E-state index in [2.05, 4.69) is 27.3 Å². The van der Waals surface area contributed by atoms with Gasteiger partial charge in [0.2, 0.25) is 29.5 Å². The van der Waals surface area contributed by atoms with Gasteiger partial charge in [-0.15, -0.1) is 6.58 Å². The number of nitrogens with one attached hydrogen (secondary N) is 3. The number of hydrogen-bond donors (Lipinski definition) is 5. The number of nitrogens with zero attached hydrogens (tertiary/aromatic N) is 3. The first-order valence-electron chi connectivity index (χ1n) is 21.4. The van der Waals surface area contributed by atoms with Crippen LogP contribution in [0.3, 0.4) is 0 Å². The Morgan fingerprint density at radius 1 is 0.781 bits per heavy atom. The molecule has 0 aromatic rings. The van der Waals surface area contributed by atoms with Gasteiger partial charge in [0.25, 0.3) is 5.78 Å². The maximum absolute atomic E-state index is 15.3. The molecule has 1 saturated heterocycles. The van der Waals surface area contributed by atoms with Crippen LogP contribution in [0.4, 0.5) is 4.79 Å². The van der Waals surface area contributed by atoms with Crippen LogP contribution >= 0.6 is 0 Å². The molecular weight excluding hydrogens is 837 g/mol. The lowest BCUT2D eigenvalue weighted by molar-refractivity contribution is -0.162. The Labute approximate surface area is 376 Å². The van der Waals surface area contributed by atoms with Gasteiger partial charge in [0.1, 0.15) is 41.9 Å². The zero-order chi connectivity index (χ0) is 49.8.